The number of carbonyl (C=O) groups excluding carboxylic acids is 1. The lowest BCUT2D eigenvalue weighted by Crippen LogP contribution is -2.47. The normalized spacial score (nSPS) is 16.0. The third kappa shape index (κ3) is 6.58. The predicted molar refractivity (Wildman–Crippen MR) is 149 cm³/mol. The Morgan fingerprint density at radius 2 is 1.59 bits per heavy atom. The number of hydrogen-bond donors (Lipinski definition) is 0. The second-order valence-corrected chi connectivity index (χ2v) is 10.2. The molecule has 0 spiro atoms. The van der Waals surface area contributed by atoms with Crippen molar-refractivity contribution in [2.45, 2.75) is 51.6 Å². The Bertz CT molecular complexity index is 1160. The van der Waals surface area contributed by atoms with Gasteiger partial charge in [0.2, 0.25) is 0 Å². The quantitative estimate of drug-likeness (QED) is 0.289. The summed E-state index contributed by atoms with van der Waals surface area (Å²) in [6.07, 6.45) is 2.30. The molecule has 0 aliphatic carbocycles. The molecule has 4 rings (SSSR count). The monoisotopic (exact) mass is 502 g/mol. The van der Waals surface area contributed by atoms with Crippen LogP contribution in [-0.4, -0.2) is 49.7 Å². The molecule has 1 aliphatic rings. The van der Waals surface area contributed by atoms with Crippen molar-refractivity contribution in [2.75, 3.05) is 37.6 Å². The van der Waals surface area contributed by atoms with E-state index in [1.54, 1.807) is 12.1 Å². The van der Waals surface area contributed by atoms with Crippen molar-refractivity contribution >= 4 is 11.7 Å². The van der Waals surface area contributed by atoms with Gasteiger partial charge < -0.3 is 9.64 Å². The van der Waals surface area contributed by atoms with Gasteiger partial charge in [0.15, 0.2) is 0 Å². The lowest BCUT2D eigenvalue weighted by atomic mass is 9.74. The first-order valence-corrected chi connectivity index (χ1v) is 13.5. The van der Waals surface area contributed by atoms with Crippen LogP contribution in [0.5, 0.6) is 0 Å². The molecule has 1 unspecified atom stereocenters. The van der Waals surface area contributed by atoms with Gasteiger partial charge in [-0.1, -0.05) is 61.5 Å². The first-order chi connectivity index (χ1) is 17.9. The Morgan fingerprint density at radius 3 is 2.24 bits per heavy atom. The molecule has 0 saturated carbocycles. The van der Waals surface area contributed by atoms with Crippen LogP contribution in [0.4, 0.5) is 10.1 Å². The second kappa shape index (κ2) is 12.4. The molecule has 3 aromatic carbocycles. The predicted octanol–water partition coefficient (Wildman–Crippen LogP) is 6.69. The van der Waals surface area contributed by atoms with Crippen LogP contribution in [0.25, 0.3) is 11.1 Å². The van der Waals surface area contributed by atoms with Crippen molar-refractivity contribution in [2.24, 2.45) is 0 Å². The highest BCUT2D eigenvalue weighted by atomic mass is 19.1. The minimum absolute atomic E-state index is 0.112. The zero-order valence-electron chi connectivity index (χ0n) is 22.3. The summed E-state index contributed by atoms with van der Waals surface area (Å²) in [7, 11) is 0. The number of rotatable bonds is 10. The molecule has 3 aromatic rings. The van der Waals surface area contributed by atoms with E-state index < -0.39 is 5.41 Å². The first-order valence-electron chi connectivity index (χ1n) is 13.5. The molecule has 37 heavy (non-hydrogen) atoms. The molecule has 4 nitrogen and oxygen atoms in total. The zero-order chi connectivity index (χ0) is 26.3. The van der Waals surface area contributed by atoms with Crippen LogP contribution in [0.2, 0.25) is 0 Å². The van der Waals surface area contributed by atoms with Gasteiger partial charge in [-0.05, 0) is 80.6 Å². The fourth-order valence-corrected chi connectivity index (χ4v) is 5.36. The van der Waals surface area contributed by atoms with Gasteiger partial charge in [-0.2, -0.15) is 0 Å². The maximum absolute atomic E-state index is 13.7. The third-order valence-electron chi connectivity index (χ3n) is 7.48. The van der Waals surface area contributed by atoms with E-state index in [-0.39, 0.29) is 17.9 Å². The minimum atomic E-state index is -0.606. The summed E-state index contributed by atoms with van der Waals surface area (Å²) in [5.41, 5.74) is 3.54. The molecule has 1 aliphatic heterocycles. The van der Waals surface area contributed by atoms with Gasteiger partial charge in [0, 0.05) is 31.9 Å². The minimum Gasteiger partial charge on any atom is -0.462 e. The van der Waals surface area contributed by atoms with Gasteiger partial charge in [-0.3, -0.25) is 9.69 Å². The van der Waals surface area contributed by atoms with Crippen LogP contribution in [-0.2, 0) is 14.9 Å². The standard InChI is InChI=1S/C32H39FN2O2/c1-4-32(31(36)37-25(2)3,28-13-6-5-7-14-28)17-10-18-34-19-21-35(22-20-34)30-16-9-12-27(24-30)26-11-8-15-29(33)23-26/h5-9,11-16,23-25H,4,10,17-22H2,1-3H3. The Balaban J connectivity index is 1.35. The van der Waals surface area contributed by atoms with E-state index in [0.29, 0.717) is 0 Å². The highest BCUT2D eigenvalue weighted by Crippen LogP contribution is 2.35. The van der Waals surface area contributed by atoms with E-state index in [1.165, 1.54) is 11.8 Å². The van der Waals surface area contributed by atoms with Crippen molar-refractivity contribution in [1.29, 1.82) is 0 Å². The number of benzene rings is 3. The van der Waals surface area contributed by atoms with E-state index in [4.69, 9.17) is 4.74 Å². The number of esters is 1. The molecule has 0 amide bonds. The van der Waals surface area contributed by atoms with Crippen molar-refractivity contribution in [3.63, 3.8) is 0 Å². The molecule has 0 bridgehead atoms. The Hall–Kier alpha value is -3.18. The SMILES string of the molecule is CCC(CCCN1CCN(c2cccc(-c3cccc(F)c3)c2)CC1)(C(=O)OC(C)C)c1ccccc1. The molecular formula is C32H39FN2O2. The summed E-state index contributed by atoms with van der Waals surface area (Å²) in [4.78, 5) is 18.2. The smallest absolute Gasteiger partial charge is 0.316 e. The fourth-order valence-electron chi connectivity index (χ4n) is 5.36. The summed E-state index contributed by atoms with van der Waals surface area (Å²) >= 11 is 0. The van der Waals surface area contributed by atoms with Gasteiger partial charge in [0.05, 0.1) is 11.5 Å². The number of hydrogen-bond acceptors (Lipinski definition) is 4. The fraction of sp³-hybridized carbons (Fsp3) is 0.406. The largest absolute Gasteiger partial charge is 0.462 e. The number of carbonyl (C=O) groups is 1. The van der Waals surface area contributed by atoms with Crippen molar-refractivity contribution in [1.82, 2.24) is 4.90 Å². The number of piperazine rings is 1. The third-order valence-corrected chi connectivity index (χ3v) is 7.48. The van der Waals surface area contributed by atoms with Gasteiger partial charge in [0.25, 0.3) is 0 Å². The van der Waals surface area contributed by atoms with Crippen LogP contribution >= 0.6 is 0 Å². The van der Waals surface area contributed by atoms with Crippen molar-refractivity contribution < 1.29 is 13.9 Å². The van der Waals surface area contributed by atoms with Crippen LogP contribution in [0.1, 0.15) is 45.6 Å². The number of ether oxygens (including phenoxy) is 1. The zero-order valence-corrected chi connectivity index (χ0v) is 22.3. The molecule has 0 radical (unpaired) electrons. The summed E-state index contributed by atoms with van der Waals surface area (Å²) in [5, 5.41) is 0. The Kier molecular flexibility index (Phi) is 8.99. The molecule has 1 heterocycles. The highest BCUT2D eigenvalue weighted by Gasteiger charge is 2.40. The maximum Gasteiger partial charge on any atom is 0.316 e. The molecule has 0 N–H and O–H groups in total. The molecule has 1 fully saturated rings. The first kappa shape index (κ1) is 26.9. The van der Waals surface area contributed by atoms with Crippen molar-refractivity contribution in [3.8, 4) is 11.1 Å². The summed E-state index contributed by atoms with van der Waals surface area (Å²) < 4.78 is 19.4. The maximum atomic E-state index is 13.7. The lowest BCUT2D eigenvalue weighted by molar-refractivity contribution is -0.155. The number of anilines is 1. The van der Waals surface area contributed by atoms with E-state index in [0.717, 1.165) is 68.7 Å². The molecule has 5 heteroatoms. The molecule has 196 valence electrons. The van der Waals surface area contributed by atoms with Gasteiger partial charge in [-0.25, -0.2) is 4.39 Å². The van der Waals surface area contributed by atoms with E-state index in [1.807, 2.05) is 50.2 Å². The van der Waals surface area contributed by atoms with Crippen LogP contribution < -0.4 is 4.90 Å². The average Bonchev–Trinajstić information content (AvgIpc) is 2.92. The van der Waals surface area contributed by atoms with Crippen LogP contribution in [0.3, 0.4) is 0 Å². The molecule has 1 atom stereocenters. The van der Waals surface area contributed by atoms with Crippen molar-refractivity contribution in [3.05, 3.63) is 90.2 Å². The summed E-state index contributed by atoms with van der Waals surface area (Å²) in [5.74, 6) is -0.326. The molecule has 1 saturated heterocycles. The molecular weight excluding hydrogens is 463 g/mol. The Morgan fingerprint density at radius 1 is 0.919 bits per heavy atom. The van der Waals surface area contributed by atoms with E-state index >= 15 is 0 Å². The number of nitrogens with zero attached hydrogens (tertiary/aromatic N) is 2. The number of halogens is 1. The van der Waals surface area contributed by atoms with E-state index in [2.05, 4.69) is 41.0 Å². The molecule has 0 aromatic heterocycles. The second-order valence-electron chi connectivity index (χ2n) is 10.2. The van der Waals surface area contributed by atoms with E-state index in [9.17, 15) is 9.18 Å². The summed E-state index contributed by atoms with van der Waals surface area (Å²) in [6, 6.07) is 25.2. The summed E-state index contributed by atoms with van der Waals surface area (Å²) in [6.45, 7) is 10.7. The van der Waals surface area contributed by atoms with Crippen LogP contribution in [0.15, 0.2) is 78.9 Å². The average molecular weight is 503 g/mol. The highest BCUT2D eigenvalue weighted by molar-refractivity contribution is 5.83. The van der Waals surface area contributed by atoms with Gasteiger partial charge >= 0.3 is 5.97 Å². The lowest BCUT2D eigenvalue weighted by Gasteiger charge is -2.37. The topological polar surface area (TPSA) is 32.8 Å². The van der Waals surface area contributed by atoms with Gasteiger partial charge in [0.1, 0.15) is 5.82 Å². The van der Waals surface area contributed by atoms with Crippen LogP contribution in [0, 0.1) is 5.82 Å². The van der Waals surface area contributed by atoms with Gasteiger partial charge in [-0.15, -0.1) is 0 Å². The Labute approximate surface area is 221 Å².